The van der Waals surface area contributed by atoms with Gasteiger partial charge in [0.2, 0.25) is 0 Å². The molecule has 1 aromatic rings. The Balaban J connectivity index is 1.54. The molecule has 3 rings (SSSR count). The second-order valence-corrected chi connectivity index (χ2v) is 5.92. The van der Waals surface area contributed by atoms with Gasteiger partial charge in [-0.3, -0.25) is 4.98 Å². The minimum absolute atomic E-state index is 0.603. The standard InChI is InChI=1S/C16H22N2/c1-11-3-4-14(9-17-11)10-18-12(2)16-8-13-5-6-15(16)7-13/h3-6,9,12-13,15-16,18H,7-8,10H2,1-2H3. The fourth-order valence-electron chi connectivity index (χ4n) is 3.43. The van der Waals surface area contributed by atoms with Crippen LogP contribution in [0.3, 0.4) is 0 Å². The highest BCUT2D eigenvalue weighted by atomic mass is 14.9. The zero-order valence-corrected chi connectivity index (χ0v) is 11.3. The predicted molar refractivity (Wildman–Crippen MR) is 74.1 cm³/mol. The van der Waals surface area contributed by atoms with Gasteiger partial charge in [0.15, 0.2) is 0 Å². The molecule has 18 heavy (non-hydrogen) atoms. The summed E-state index contributed by atoms with van der Waals surface area (Å²) in [5.74, 6) is 2.53. The van der Waals surface area contributed by atoms with E-state index in [2.05, 4.69) is 41.5 Å². The van der Waals surface area contributed by atoms with Crippen LogP contribution < -0.4 is 5.32 Å². The van der Waals surface area contributed by atoms with E-state index < -0.39 is 0 Å². The second kappa shape index (κ2) is 4.85. The Hall–Kier alpha value is -1.15. The van der Waals surface area contributed by atoms with Gasteiger partial charge in [-0.2, -0.15) is 0 Å². The Morgan fingerprint density at radius 2 is 2.22 bits per heavy atom. The number of hydrogen-bond donors (Lipinski definition) is 1. The first-order chi connectivity index (χ1) is 8.72. The average Bonchev–Trinajstić information content (AvgIpc) is 3.00. The molecule has 96 valence electrons. The van der Waals surface area contributed by atoms with E-state index in [-0.39, 0.29) is 0 Å². The second-order valence-electron chi connectivity index (χ2n) is 5.92. The maximum atomic E-state index is 4.34. The molecule has 0 saturated heterocycles. The smallest absolute Gasteiger partial charge is 0.0372 e. The van der Waals surface area contributed by atoms with Gasteiger partial charge < -0.3 is 5.32 Å². The zero-order valence-electron chi connectivity index (χ0n) is 11.3. The SMILES string of the molecule is Cc1ccc(CNC(C)C2CC3C=CC2C3)cn1. The Morgan fingerprint density at radius 3 is 2.83 bits per heavy atom. The molecule has 1 heterocycles. The maximum absolute atomic E-state index is 4.34. The highest BCUT2D eigenvalue weighted by Gasteiger charge is 2.38. The van der Waals surface area contributed by atoms with Crippen LogP contribution in [0.25, 0.3) is 0 Å². The highest BCUT2D eigenvalue weighted by molar-refractivity contribution is 5.14. The molecule has 4 unspecified atom stereocenters. The number of nitrogens with one attached hydrogen (secondary N) is 1. The molecule has 2 bridgehead atoms. The van der Waals surface area contributed by atoms with Crippen molar-refractivity contribution in [3.63, 3.8) is 0 Å². The summed E-state index contributed by atoms with van der Waals surface area (Å²) >= 11 is 0. The molecule has 0 aliphatic heterocycles. The summed E-state index contributed by atoms with van der Waals surface area (Å²) in [5.41, 5.74) is 2.37. The van der Waals surface area contributed by atoms with Crippen LogP contribution in [0, 0.1) is 24.7 Å². The summed E-state index contributed by atoms with van der Waals surface area (Å²) in [6, 6.07) is 4.86. The van der Waals surface area contributed by atoms with Gasteiger partial charge in [-0.05, 0) is 56.1 Å². The minimum Gasteiger partial charge on any atom is -0.310 e. The van der Waals surface area contributed by atoms with Crippen molar-refractivity contribution in [2.75, 3.05) is 0 Å². The number of hydrogen-bond acceptors (Lipinski definition) is 2. The number of aromatic nitrogens is 1. The van der Waals surface area contributed by atoms with Crippen LogP contribution in [0.2, 0.25) is 0 Å². The van der Waals surface area contributed by atoms with Crippen molar-refractivity contribution in [2.24, 2.45) is 17.8 Å². The Kier molecular flexibility index (Phi) is 3.21. The fourth-order valence-corrected chi connectivity index (χ4v) is 3.43. The van der Waals surface area contributed by atoms with Crippen molar-refractivity contribution in [1.82, 2.24) is 10.3 Å². The van der Waals surface area contributed by atoms with Crippen LogP contribution >= 0.6 is 0 Å². The summed E-state index contributed by atoms with van der Waals surface area (Å²) in [5, 5.41) is 3.67. The molecule has 1 saturated carbocycles. The molecular weight excluding hydrogens is 220 g/mol. The summed E-state index contributed by atoms with van der Waals surface area (Å²) in [6.07, 6.45) is 9.60. The molecule has 1 N–H and O–H groups in total. The van der Waals surface area contributed by atoms with E-state index in [0.29, 0.717) is 6.04 Å². The minimum atomic E-state index is 0.603. The third kappa shape index (κ3) is 2.35. The molecule has 2 aliphatic rings. The van der Waals surface area contributed by atoms with Gasteiger partial charge in [-0.1, -0.05) is 18.2 Å². The van der Waals surface area contributed by atoms with E-state index in [1.54, 1.807) is 0 Å². The van der Waals surface area contributed by atoms with Crippen molar-refractivity contribution in [1.29, 1.82) is 0 Å². The highest BCUT2D eigenvalue weighted by Crippen LogP contribution is 2.44. The molecule has 0 spiro atoms. The summed E-state index contributed by atoms with van der Waals surface area (Å²) in [7, 11) is 0. The quantitative estimate of drug-likeness (QED) is 0.821. The third-order valence-electron chi connectivity index (χ3n) is 4.57. The zero-order chi connectivity index (χ0) is 12.5. The van der Waals surface area contributed by atoms with Crippen LogP contribution in [0.1, 0.15) is 31.0 Å². The van der Waals surface area contributed by atoms with Gasteiger partial charge in [-0.25, -0.2) is 0 Å². The van der Waals surface area contributed by atoms with E-state index in [0.717, 1.165) is 30.0 Å². The van der Waals surface area contributed by atoms with Gasteiger partial charge in [0.05, 0.1) is 0 Å². The fraction of sp³-hybridized carbons (Fsp3) is 0.562. The van der Waals surface area contributed by atoms with E-state index in [9.17, 15) is 0 Å². The first-order valence-corrected chi connectivity index (χ1v) is 7.05. The van der Waals surface area contributed by atoms with Crippen LogP contribution in [0.4, 0.5) is 0 Å². The number of nitrogens with zero attached hydrogens (tertiary/aromatic N) is 1. The lowest BCUT2D eigenvalue weighted by Gasteiger charge is -2.26. The first-order valence-electron chi connectivity index (χ1n) is 7.05. The number of fused-ring (bicyclic) bond motifs is 2. The maximum Gasteiger partial charge on any atom is 0.0372 e. The van der Waals surface area contributed by atoms with Gasteiger partial charge in [-0.15, -0.1) is 0 Å². The lowest BCUT2D eigenvalue weighted by atomic mass is 9.87. The number of rotatable bonds is 4. The lowest BCUT2D eigenvalue weighted by Crippen LogP contribution is -2.35. The van der Waals surface area contributed by atoms with Crippen LogP contribution in [-0.4, -0.2) is 11.0 Å². The molecular formula is C16H22N2. The Morgan fingerprint density at radius 1 is 1.33 bits per heavy atom. The molecule has 2 nitrogen and oxygen atoms in total. The molecule has 0 amide bonds. The molecule has 2 aliphatic carbocycles. The molecule has 4 atom stereocenters. The van der Waals surface area contributed by atoms with E-state index >= 15 is 0 Å². The van der Waals surface area contributed by atoms with E-state index in [1.807, 2.05) is 13.1 Å². The summed E-state index contributed by atoms with van der Waals surface area (Å²) in [6.45, 7) is 5.30. The van der Waals surface area contributed by atoms with E-state index in [4.69, 9.17) is 0 Å². The largest absolute Gasteiger partial charge is 0.310 e. The van der Waals surface area contributed by atoms with Crippen LogP contribution in [0.5, 0.6) is 0 Å². The van der Waals surface area contributed by atoms with Crippen molar-refractivity contribution in [3.8, 4) is 0 Å². The van der Waals surface area contributed by atoms with Crippen molar-refractivity contribution >= 4 is 0 Å². The predicted octanol–water partition coefficient (Wildman–Crippen LogP) is 3.08. The van der Waals surface area contributed by atoms with Crippen LogP contribution in [0.15, 0.2) is 30.5 Å². The van der Waals surface area contributed by atoms with Gasteiger partial charge >= 0.3 is 0 Å². The van der Waals surface area contributed by atoms with Crippen molar-refractivity contribution in [2.45, 2.75) is 39.3 Å². The summed E-state index contributed by atoms with van der Waals surface area (Å²) in [4.78, 5) is 4.34. The number of allylic oxidation sites excluding steroid dienone is 2. The van der Waals surface area contributed by atoms with Gasteiger partial charge in [0.25, 0.3) is 0 Å². The molecule has 0 radical (unpaired) electrons. The molecule has 1 aromatic heterocycles. The first kappa shape index (κ1) is 11.9. The number of aryl methyl sites for hydroxylation is 1. The monoisotopic (exact) mass is 242 g/mol. The summed E-state index contributed by atoms with van der Waals surface area (Å²) < 4.78 is 0. The average molecular weight is 242 g/mol. The van der Waals surface area contributed by atoms with E-state index in [1.165, 1.54) is 18.4 Å². The Labute approximate surface area is 110 Å². The lowest BCUT2D eigenvalue weighted by molar-refractivity contribution is 0.326. The Bertz CT molecular complexity index is 435. The van der Waals surface area contributed by atoms with Crippen molar-refractivity contribution in [3.05, 3.63) is 41.7 Å². The number of pyridine rings is 1. The topological polar surface area (TPSA) is 24.9 Å². The van der Waals surface area contributed by atoms with Crippen molar-refractivity contribution < 1.29 is 0 Å². The van der Waals surface area contributed by atoms with Gasteiger partial charge in [0, 0.05) is 24.5 Å². The normalized spacial score (nSPS) is 30.9. The molecule has 0 aromatic carbocycles. The molecule has 1 fully saturated rings. The van der Waals surface area contributed by atoms with Crippen LogP contribution in [-0.2, 0) is 6.54 Å². The molecule has 2 heteroatoms. The third-order valence-corrected chi connectivity index (χ3v) is 4.57. The van der Waals surface area contributed by atoms with Gasteiger partial charge in [0.1, 0.15) is 0 Å².